The SMILES string of the molecule is CCO[Si](OCC)(OCC)C(CCSSSS)[Si](OCC)(OCC)OCC. The van der Waals surface area contributed by atoms with E-state index in [4.69, 9.17) is 26.6 Å². The van der Waals surface area contributed by atoms with Gasteiger partial charge in [-0.05, 0) is 67.6 Å². The topological polar surface area (TPSA) is 55.4 Å². The van der Waals surface area contributed by atoms with Crippen molar-refractivity contribution in [2.75, 3.05) is 45.4 Å². The summed E-state index contributed by atoms with van der Waals surface area (Å²) in [5.41, 5.74) is 0. The van der Waals surface area contributed by atoms with Gasteiger partial charge in [0.05, 0.1) is 0 Å². The van der Waals surface area contributed by atoms with Gasteiger partial charge in [-0.15, -0.1) is 0 Å². The second-order valence-corrected chi connectivity index (χ2v) is 16.3. The van der Waals surface area contributed by atoms with E-state index < -0.39 is 17.6 Å². The zero-order valence-corrected chi connectivity index (χ0v) is 22.7. The molecule has 27 heavy (non-hydrogen) atoms. The van der Waals surface area contributed by atoms with Crippen molar-refractivity contribution in [2.24, 2.45) is 0 Å². The fourth-order valence-electron chi connectivity index (χ4n) is 2.85. The Kier molecular flexibility index (Phi) is 18.3. The third-order valence-corrected chi connectivity index (χ3v) is 16.6. The maximum Gasteiger partial charge on any atom is 0.508 e. The Hall–Kier alpha value is 1.59. The Morgan fingerprint density at radius 1 is 0.667 bits per heavy atom. The third kappa shape index (κ3) is 9.51. The maximum absolute atomic E-state index is 6.23. The van der Waals surface area contributed by atoms with Crippen LogP contribution >= 0.6 is 42.1 Å². The fourth-order valence-corrected chi connectivity index (χ4v) is 14.8. The molecule has 0 aliphatic heterocycles. The van der Waals surface area contributed by atoms with Gasteiger partial charge in [0.15, 0.2) is 0 Å². The summed E-state index contributed by atoms with van der Waals surface area (Å²) >= 11 is 4.19. The monoisotopic (exact) mass is 496 g/mol. The smallest absolute Gasteiger partial charge is 0.374 e. The fraction of sp³-hybridized carbons (Fsp3) is 1.00. The van der Waals surface area contributed by atoms with Crippen molar-refractivity contribution in [1.29, 1.82) is 0 Å². The molecule has 0 saturated carbocycles. The van der Waals surface area contributed by atoms with Crippen LogP contribution in [0.25, 0.3) is 0 Å². The Labute approximate surface area is 184 Å². The first kappa shape index (κ1) is 28.6. The van der Waals surface area contributed by atoms with Gasteiger partial charge < -0.3 is 26.6 Å². The maximum atomic E-state index is 6.23. The van der Waals surface area contributed by atoms with Crippen molar-refractivity contribution in [1.82, 2.24) is 0 Å². The second kappa shape index (κ2) is 17.3. The van der Waals surface area contributed by atoms with Crippen molar-refractivity contribution >= 4 is 59.7 Å². The van der Waals surface area contributed by atoms with Gasteiger partial charge in [-0.25, -0.2) is 0 Å². The van der Waals surface area contributed by atoms with Crippen LogP contribution in [0.4, 0.5) is 0 Å². The van der Waals surface area contributed by atoms with Crippen molar-refractivity contribution in [3.8, 4) is 0 Å². The van der Waals surface area contributed by atoms with Crippen LogP contribution in [0, 0.1) is 0 Å². The van der Waals surface area contributed by atoms with Crippen LogP contribution in [-0.2, 0) is 26.6 Å². The Morgan fingerprint density at radius 3 is 1.26 bits per heavy atom. The summed E-state index contributed by atoms with van der Waals surface area (Å²) in [5, 5.41) is -0.178. The lowest BCUT2D eigenvalue weighted by molar-refractivity contribution is 0.0322. The van der Waals surface area contributed by atoms with E-state index in [0.29, 0.717) is 39.6 Å². The molecule has 0 saturated heterocycles. The van der Waals surface area contributed by atoms with Crippen LogP contribution in [0.5, 0.6) is 0 Å². The van der Waals surface area contributed by atoms with Crippen LogP contribution in [0.2, 0.25) is 5.16 Å². The van der Waals surface area contributed by atoms with Crippen LogP contribution in [0.3, 0.4) is 0 Å². The van der Waals surface area contributed by atoms with Gasteiger partial charge in [0, 0.05) is 45.4 Å². The predicted molar refractivity (Wildman–Crippen MR) is 126 cm³/mol. The molecule has 0 spiro atoms. The number of hydrogen-bond acceptors (Lipinski definition) is 10. The molecule has 164 valence electrons. The molecule has 0 bridgehead atoms. The molecule has 0 N–H and O–H groups in total. The highest BCUT2D eigenvalue weighted by Crippen LogP contribution is 2.43. The van der Waals surface area contributed by atoms with Gasteiger partial charge in [-0.3, -0.25) is 0 Å². The van der Waals surface area contributed by atoms with E-state index in [1.807, 2.05) is 41.5 Å². The van der Waals surface area contributed by atoms with E-state index in [0.717, 1.165) is 12.2 Å². The number of thiol groups is 1. The zero-order valence-electron chi connectivity index (χ0n) is 17.4. The van der Waals surface area contributed by atoms with E-state index in [1.54, 1.807) is 20.6 Å². The summed E-state index contributed by atoms with van der Waals surface area (Å²) in [6.07, 6.45) is 0.768. The summed E-state index contributed by atoms with van der Waals surface area (Å²) in [5.74, 6) is 0.868. The molecule has 0 atom stereocenters. The lowest BCUT2D eigenvalue weighted by Crippen LogP contribution is -2.64. The molecule has 0 aliphatic rings. The standard InChI is InChI=1S/C15H36O6S4Si2/c1-7-16-26(17-8-2,18-9-3)15(13-14-23-25-24-22)27(19-10-4,20-11-5)21-12-6/h15,22H,7-14H2,1-6H3. The highest BCUT2D eigenvalue weighted by atomic mass is 33.7. The summed E-state index contributed by atoms with van der Waals surface area (Å²) in [7, 11) is -1.38. The molecule has 0 aromatic rings. The molecular weight excluding hydrogens is 461 g/mol. The Bertz CT molecular complexity index is 300. The molecule has 0 fully saturated rings. The minimum Gasteiger partial charge on any atom is -0.374 e. The summed E-state index contributed by atoms with van der Waals surface area (Å²) < 4.78 is 37.4. The molecule has 12 heteroatoms. The van der Waals surface area contributed by atoms with Crippen LogP contribution in [0.15, 0.2) is 0 Å². The van der Waals surface area contributed by atoms with Crippen molar-refractivity contribution < 1.29 is 26.6 Å². The molecule has 0 amide bonds. The molecule has 0 heterocycles. The minimum absolute atomic E-state index is 0.178. The quantitative estimate of drug-likeness (QED) is 0.112. The van der Waals surface area contributed by atoms with Gasteiger partial charge >= 0.3 is 17.6 Å². The first-order chi connectivity index (χ1) is 13.1. The molecule has 0 aliphatic carbocycles. The van der Waals surface area contributed by atoms with Crippen molar-refractivity contribution in [3.05, 3.63) is 0 Å². The highest BCUT2D eigenvalue weighted by Gasteiger charge is 2.65. The Morgan fingerprint density at radius 2 is 1.00 bits per heavy atom. The molecule has 6 nitrogen and oxygen atoms in total. The molecule has 0 rings (SSSR count). The van der Waals surface area contributed by atoms with E-state index in [2.05, 4.69) is 11.7 Å². The van der Waals surface area contributed by atoms with Crippen LogP contribution in [0.1, 0.15) is 48.0 Å². The van der Waals surface area contributed by atoms with E-state index in [-0.39, 0.29) is 5.16 Å². The lowest BCUT2D eigenvalue weighted by Gasteiger charge is -2.42. The van der Waals surface area contributed by atoms with Gasteiger partial charge in [-0.2, -0.15) is 0 Å². The normalized spacial score (nSPS) is 12.9. The second-order valence-electron chi connectivity index (χ2n) is 5.11. The third-order valence-electron chi connectivity index (χ3n) is 3.50. The molecule has 0 radical (unpaired) electrons. The number of rotatable bonds is 19. The average molecular weight is 497 g/mol. The Balaban J connectivity index is 6.05. The molecule has 0 aromatic carbocycles. The first-order valence-electron chi connectivity index (χ1n) is 9.49. The average Bonchev–Trinajstić information content (AvgIpc) is 2.63. The molecular formula is C15H36O6S4Si2. The first-order valence-corrected chi connectivity index (χ1v) is 17.8. The summed E-state index contributed by atoms with van der Waals surface area (Å²) in [6.45, 7) is 14.8. The van der Waals surface area contributed by atoms with Crippen LogP contribution in [-0.4, -0.2) is 63.0 Å². The van der Waals surface area contributed by atoms with Gasteiger partial charge in [0.2, 0.25) is 0 Å². The van der Waals surface area contributed by atoms with E-state index in [1.165, 1.54) is 9.83 Å². The van der Waals surface area contributed by atoms with Crippen LogP contribution < -0.4 is 0 Å². The lowest BCUT2D eigenvalue weighted by atomic mass is 10.6. The highest BCUT2D eigenvalue weighted by molar-refractivity contribution is 9.23. The van der Waals surface area contributed by atoms with Gasteiger partial charge in [0.1, 0.15) is 5.16 Å². The van der Waals surface area contributed by atoms with Gasteiger partial charge in [0.25, 0.3) is 0 Å². The minimum atomic E-state index is -3.09. The zero-order chi connectivity index (χ0) is 20.6. The number of hydrogen-bond donors (Lipinski definition) is 1. The van der Waals surface area contributed by atoms with Crippen molar-refractivity contribution in [3.63, 3.8) is 0 Å². The van der Waals surface area contributed by atoms with E-state index >= 15 is 0 Å². The van der Waals surface area contributed by atoms with Gasteiger partial charge in [-0.1, -0.05) is 22.5 Å². The van der Waals surface area contributed by atoms with E-state index in [9.17, 15) is 0 Å². The largest absolute Gasteiger partial charge is 0.508 e. The summed E-state index contributed by atoms with van der Waals surface area (Å²) in [6, 6.07) is 0. The molecule has 0 aromatic heterocycles. The molecule has 0 unspecified atom stereocenters. The predicted octanol–water partition coefficient (Wildman–Crippen LogP) is 5.26. The van der Waals surface area contributed by atoms with Crippen molar-refractivity contribution in [2.45, 2.75) is 53.1 Å². The summed E-state index contributed by atoms with van der Waals surface area (Å²) in [4.78, 5) is 0.